The van der Waals surface area contributed by atoms with E-state index in [-0.39, 0.29) is 17.7 Å². The summed E-state index contributed by atoms with van der Waals surface area (Å²) in [5.74, 6) is -0.308. The smallest absolute Gasteiger partial charge is 0.254 e. The highest BCUT2D eigenvalue weighted by Crippen LogP contribution is 2.32. The average molecular weight is 254 g/mol. The van der Waals surface area contributed by atoms with Crippen LogP contribution in [0.4, 0.5) is 0 Å². The highest BCUT2D eigenvalue weighted by Gasteiger charge is 2.43. The largest absolute Gasteiger partial charge is 0.380 e. The van der Waals surface area contributed by atoms with Gasteiger partial charge < -0.3 is 15.3 Å². The second-order valence-corrected chi connectivity index (χ2v) is 5.44. The molecule has 1 aliphatic carbocycles. The molecule has 1 aliphatic heterocycles. The van der Waals surface area contributed by atoms with Gasteiger partial charge in [0.2, 0.25) is 5.91 Å². The number of carbonyl (C=O) groups excluding carboxylic acids is 2. The summed E-state index contributed by atoms with van der Waals surface area (Å²) in [5, 5.41) is 12.9. The average Bonchev–Trinajstić information content (AvgIpc) is 2.85. The van der Waals surface area contributed by atoms with Crippen LogP contribution in [0.3, 0.4) is 0 Å². The fraction of sp³-hybridized carbons (Fsp3) is 0.846. The molecule has 1 saturated heterocycles. The van der Waals surface area contributed by atoms with Crippen molar-refractivity contribution in [1.82, 2.24) is 10.2 Å². The number of carbonyl (C=O) groups is 2. The van der Waals surface area contributed by atoms with Gasteiger partial charge in [-0.25, -0.2) is 0 Å². The normalized spacial score (nSPS) is 27.0. The summed E-state index contributed by atoms with van der Waals surface area (Å²) in [6.07, 6.45) is 4.60. The van der Waals surface area contributed by atoms with E-state index in [1.54, 1.807) is 11.9 Å². The third-order valence-corrected chi connectivity index (χ3v) is 4.15. The van der Waals surface area contributed by atoms with E-state index in [4.69, 9.17) is 0 Å². The summed E-state index contributed by atoms with van der Waals surface area (Å²) in [6.45, 7) is 1.11. The van der Waals surface area contributed by atoms with Crippen LogP contribution < -0.4 is 5.32 Å². The molecule has 1 atom stereocenters. The molecule has 0 spiro atoms. The number of likely N-dealkylation sites (tertiary alicyclic amines) is 1. The minimum absolute atomic E-state index is 0.00842. The van der Waals surface area contributed by atoms with Crippen molar-refractivity contribution in [3.05, 3.63) is 0 Å². The van der Waals surface area contributed by atoms with Crippen LogP contribution in [0, 0.1) is 5.92 Å². The standard InChI is InChI=1S/C13H22N2O3/c1-14-11(16)10-5-4-8-15(9-10)12(17)13(18)6-2-3-7-13/h10,18H,2-9H2,1H3,(H,14,16). The van der Waals surface area contributed by atoms with Gasteiger partial charge in [0.15, 0.2) is 0 Å². The minimum atomic E-state index is -1.16. The monoisotopic (exact) mass is 254 g/mol. The quantitative estimate of drug-likeness (QED) is 0.743. The minimum Gasteiger partial charge on any atom is -0.380 e. The van der Waals surface area contributed by atoms with Crippen molar-refractivity contribution >= 4 is 11.8 Å². The molecule has 0 aromatic heterocycles. The van der Waals surface area contributed by atoms with Gasteiger partial charge in [-0.3, -0.25) is 9.59 Å². The highest BCUT2D eigenvalue weighted by molar-refractivity contribution is 5.86. The molecule has 2 amide bonds. The van der Waals surface area contributed by atoms with Crippen LogP contribution in [0.5, 0.6) is 0 Å². The second kappa shape index (κ2) is 5.26. The highest BCUT2D eigenvalue weighted by atomic mass is 16.3. The molecule has 0 bridgehead atoms. The Labute approximate surface area is 108 Å². The summed E-state index contributed by atoms with van der Waals surface area (Å²) in [7, 11) is 1.62. The zero-order valence-electron chi connectivity index (χ0n) is 10.9. The third kappa shape index (κ3) is 2.51. The first-order valence-electron chi connectivity index (χ1n) is 6.80. The molecule has 1 saturated carbocycles. The Morgan fingerprint density at radius 2 is 1.94 bits per heavy atom. The zero-order valence-corrected chi connectivity index (χ0v) is 10.9. The summed E-state index contributed by atoms with van der Waals surface area (Å²) < 4.78 is 0. The number of hydrogen-bond donors (Lipinski definition) is 2. The first kappa shape index (κ1) is 13.3. The fourth-order valence-corrected chi connectivity index (χ4v) is 3.05. The Balaban J connectivity index is 2.00. The predicted octanol–water partition coefficient (Wildman–Crippen LogP) is 0.276. The van der Waals surface area contributed by atoms with Crippen molar-refractivity contribution in [2.75, 3.05) is 20.1 Å². The van der Waals surface area contributed by atoms with Gasteiger partial charge in [-0.2, -0.15) is 0 Å². The fourth-order valence-electron chi connectivity index (χ4n) is 3.05. The van der Waals surface area contributed by atoms with Crippen LogP contribution in [-0.2, 0) is 9.59 Å². The molecular formula is C13H22N2O3. The number of amides is 2. The van der Waals surface area contributed by atoms with Crippen LogP contribution in [-0.4, -0.2) is 47.6 Å². The van der Waals surface area contributed by atoms with Gasteiger partial charge in [0.05, 0.1) is 5.92 Å². The molecule has 5 nitrogen and oxygen atoms in total. The van der Waals surface area contributed by atoms with Crippen LogP contribution in [0.1, 0.15) is 38.5 Å². The van der Waals surface area contributed by atoms with E-state index >= 15 is 0 Å². The van der Waals surface area contributed by atoms with Crippen molar-refractivity contribution in [3.63, 3.8) is 0 Å². The van der Waals surface area contributed by atoms with Crippen LogP contribution in [0.15, 0.2) is 0 Å². The number of nitrogens with one attached hydrogen (secondary N) is 1. The Hall–Kier alpha value is -1.10. The number of rotatable bonds is 2. The van der Waals surface area contributed by atoms with E-state index in [9.17, 15) is 14.7 Å². The van der Waals surface area contributed by atoms with Gasteiger partial charge in [-0.05, 0) is 38.5 Å². The van der Waals surface area contributed by atoms with E-state index in [0.29, 0.717) is 25.9 Å². The van der Waals surface area contributed by atoms with E-state index in [0.717, 1.165) is 25.7 Å². The second-order valence-electron chi connectivity index (χ2n) is 5.44. The predicted molar refractivity (Wildman–Crippen MR) is 66.8 cm³/mol. The number of aliphatic hydroxyl groups is 1. The van der Waals surface area contributed by atoms with Crippen molar-refractivity contribution in [2.24, 2.45) is 5.92 Å². The molecule has 2 rings (SSSR count). The summed E-state index contributed by atoms with van der Waals surface area (Å²) in [4.78, 5) is 25.6. The zero-order chi connectivity index (χ0) is 13.2. The Kier molecular flexibility index (Phi) is 3.90. The van der Waals surface area contributed by atoms with E-state index in [1.807, 2.05) is 0 Å². The molecule has 1 unspecified atom stereocenters. The molecule has 2 N–H and O–H groups in total. The molecule has 2 aliphatic rings. The maximum atomic E-state index is 12.3. The first-order chi connectivity index (χ1) is 8.57. The van der Waals surface area contributed by atoms with Gasteiger partial charge >= 0.3 is 0 Å². The van der Waals surface area contributed by atoms with Crippen LogP contribution >= 0.6 is 0 Å². The lowest BCUT2D eigenvalue weighted by molar-refractivity contribution is -0.153. The maximum absolute atomic E-state index is 12.3. The lowest BCUT2D eigenvalue weighted by Crippen LogP contribution is -2.52. The number of piperidine rings is 1. The molecule has 5 heteroatoms. The van der Waals surface area contributed by atoms with Gasteiger partial charge in [0.25, 0.3) is 5.91 Å². The third-order valence-electron chi connectivity index (χ3n) is 4.15. The SMILES string of the molecule is CNC(=O)C1CCCN(C(=O)C2(O)CCCC2)C1. The first-order valence-corrected chi connectivity index (χ1v) is 6.80. The van der Waals surface area contributed by atoms with E-state index in [2.05, 4.69) is 5.32 Å². The van der Waals surface area contributed by atoms with Crippen molar-refractivity contribution in [2.45, 2.75) is 44.1 Å². The van der Waals surface area contributed by atoms with Gasteiger partial charge in [0.1, 0.15) is 5.60 Å². The van der Waals surface area contributed by atoms with Crippen molar-refractivity contribution < 1.29 is 14.7 Å². The molecule has 102 valence electrons. The molecule has 18 heavy (non-hydrogen) atoms. The molecule has 0 aromatic rings. The molecule has 0 aromatic carbocycles. The van der Waals surface area contributed by atoms with Crippen molar-refractivity contribution in [1.29, 1.82) is 0 Å². The molecule has 1 heterocycles. The lowest BCUT2D eigenvalue weighted by Gasteiger charge is -2.36. The number of nitrogens with zero attached hydrogens (tertiary/aromatic N) is 1. The molecule has 2 fully saturated rings. The summed E-state index contributed by atoms with van der Waals surface area (Å²) in [6, 6.07) is 0. The van der Waals surface area contributed by atoms with Crippen molar-refractivity contribution in [3.8, 4) is 0 Å². The van der Waals surface area contributed by atoms with Gasteiger partial charge in [-0.1, -0.05) is 0 Å². The Morgan fingerprint density at radius 3 is 2.56 bits per heavy atom. The molecular weight excluding hydrogens is 232 g/mol. The Morgan fingerprint density at radius 1 is 1.28 bits per heavy atom. The van der Waals surface area contributed by atoms with E-state index in [1.165, 1.54) is 0 Å². The van der Waals surface area contributed by atoms with Gasteiger partial charge in [-0.15, -0.1) is 0 Å². The summed E-state index contributed by atoms with van der Waals surface area (Å²) >= 11 is 0. The topological polar surface area (TPSA) is 69.6 Å². The van der Waals surface area contributed by atoms with Gasteiger partial charge in [0, 0.05) is 20.1 Å². The van der Waals surface area contributed by atoms with Crippen LogP contribution in [0.25, 0.3) is 0 Å². The summed E-state index contributed by atoms with van der Waals surface area (Å²) in [5.41, 5.74) is -1.16. The number of hydrogen-bond acceptors (Lipinski definition) is 3. The Bertz CT molecular complexity index is 337. The lowest BCUT2D eigenvalue weighted by atomic mass is 9.94. The van der Waals surface area contributed by atoms with E-state index < -0.39 is 5.60 Å². The van der Waals surface area contributed by atoms with Crippen LogP contribution in [0.2, 0.25) is 0 Å². The molecule has 0 radical (unpaired) electrons. The maximum Gasteiger partial charge on any atom is 0.254 e.